The van der Waals surface area contributed by atoms with Crippen molar-refractivity contribution in [1.29, 1.82) is 0 Å². The van der Waals surface area contributed by atoms with Crippen LogP contribution in [0.5, 0.6) is 11.5 Å². The second-order valence-electron chi connectivity index (χ2n) is 6.62. The first-order chi connectivity index (χ1) is 11.7. The number of phenols is 2. The van der Waals surface area contributed by atoms with Gasteiger partial charge >= 0.3 is 0 Å². The fourth-order valence-electron chi connectivity index (χ4n) is 3.96. The van der Waals surface area contributed by atoms with E-state index in [4.69, 9.17) is 0 Å². The quantitative estimate of drug-likeness (QED) is 0.727. The third kappa shape index (κ3) is 2.44. The molecule has 0 heterocycles. The highest BCUT2D eigenvalue weighted by atomic mass is 16.3. The average molecular weight is 316 g/mol. The van der Waals surface area contributed by atoms with Gasteiger partial charge in [0.1, 0.15) is 11.5 Å². The van der Waals surface area contributed by atoms with Gasteiger partial charge in [0.25, 0.3) is 0 Å². The zero-order valence-electron chi connectivity index (χ0n) is 13.4. The van der Waals surface area contributed by atoms with Gasteiger partial charge in [-0.2, -0.15) is 0 Å². The third-order valence-electron chi connectivity index (χ3n) is 5.27. The van der Waals surface area contributed by atoms with Gasteiger partial charge in [0.2, 0.25) is 0 Å². The first kappa shape index (κ1) is 14.8. The van der Waals surface area contributed by atoms with Gasteiger partial charge in [-0.25, -0.2) is 0 Å². The lowest BCUT2D eigenvalue weighted by molar-refractivity contribution is 0.438. The van der Waals surface area contributed by atoms with Crippen LogP contribution in [-0.4, -0.2) is 10.2 Å². The largest absolute Gasteiger partial charge is 0.508 e. The van der Waals surface area contributed by atoms with E-state index >= 15 is 0 Å². The van der Waals surface area contributed by atoms with Crippen LogP contribution in [0.3, 0.4) is 0 Å². The Morgan fingerprint density at radius 2 is 1.12 bits per heavy atom. The number of benzene rings is 3. The summed E-state index contributed by atoms with van der Waals surface area (Å²) in [5.41, 5.74) is 5.09. The number of fused-ring (bicyclic) bond motifs is 1. The molecule has 1 aliphatic rings. The van der Waals surface area contributed by atoms with Gasteiger partial charge in [-0.05, 0) is 65.8 Å². The normalized spacial score (nSPS) is 15.7. The second kappa shape index (κ2) is 5.72. The smallest absolute Gasteiger partial charge is 0.115 e. The minimum Gasteiger partial charge on any atom is -0.508 e. The number of rotatable bonds is 2. The van der Waals surface area contributed by atoms with Gasteiger partial charge in [-0.15, -0.1) is 0 Å². The van der Waals surface area contributed by atoms with E-state index in [-0.39, 0.29) is 16.9 Å². The van der Waals surface area contributed by atoms with E-state index < -0.39 is 0 Å². The summed E-state index contributed by atoms with van der Waals surface area (Å²) in [6, 6.07) is 23.8. The summed E-state index contributed by atoms with van der Waals surface area (Å²) >= 11 is 0. The van der Waals surface area contributed by atoms with Crippen molar-refractivity contribution in [3.05, 3.63) is 95.1 Å². The molecule has 2 N–H and O–H groups in total. The van der Waals surface area contributed by atoms with E-state index in [9.17, 15) is 10.2 Å². The molecule has 0 bridgehead atoms. The monoisotopic (exact) mass is 316 g/mol. The van der Waals surface area contributed by atoms with Crippen molar-refractivity contribution in [3.63, 3.8) is 0 Å². The van der Waals surface area contributed by atoms with Gasteiger partial charge in [0, 0.05) is 5.41 Å². The highest BCUT2D eigenvalue weighted by molar-refractivity contribution is 5.47. The Morgan fingerprint density at radius 3 is 1.67 bits per heavy atom. The zero-order valence-corrected chi connectivity index (χ0v) is 13.4. The molecule has 0 saturated carbocycles. The summed E-state index contributed by atoms with van der Waals surface area (Å²) < 4.78 is 0. The molecule has 0 unspecified atom stereocenters. The fourth-order valence-corrected chi connectivity index (χ4v) is 3.96. The Kier molecular flexibility index (Phi) is 3.53. The Balaban J connectivity index is 1.87. The summed E-state index contributed by atoms with van der Waals surface area (Å²) in [5, 5.41) is 19.3. The van der Waals surface area contributed by atoms with Crippen molar-refractivity contribution in [1.82, 2.24) is 0 Å². The van der Waals surface area contributed by atoms with Crippen molar-refractivity contribution in [3.8, 4) is 11.5 Å². The van der Waals surface area contributed by atoms with Crippen molar-refractivity contribution >= 4 is 0 Å². The minimum absolute atomic E-state index is 0.129. The highest BCUT2D eigenvalue weighted by Crippen LogP contribution is 2.44. The maximum Gasteiger partial charge on any atom is 0.115 e. The van der Waals surface area contributed by atoms with Crippen LogP contribution >= 0.6 is 0 Å². The topological polar surface area (TPSA) is 40.5 Å². The van der Waals surface area contributed by atoms with Crippen LogP contribution in [0, 0.1) is 0 Å². The van der Waals surface area contributed by atoms with Gasteiger partial charge in [0.15, 0.2) is 0 Å². The molecule has 3 aromatic rings. The molecule has 120 valence electrons. The first-order valence-electron chi connectivity index (χ1n) is 8.33. The Morgan fingerprint density at radius 1 is 0.625 bits per heavy atom. The van der Waals surface area contributed by atoms with Crippen LogP contribution in [0.15, 0.2) is 72.8 Å². The fraction of sp³-hybridized carbons (Fsp3) is 0.182. The molecule has 1 aliphatic carbocycles. The molecule has 0 amide bonds. The first-order valence-corrected chi connectivity index (χ1v) is 8.33. The zero-order chi connectivity index (χ0) is 16.6. The molecule has 0 aromatic heterocycles. The number of phenolic OH excluding ortho intramolecular Hbond substituents is 2. The van der Waals surface area contributed by atoms with Gasteiger partial charge in [-0.3, -0.25) is 0 Å². The number of hydrogen-bond acceptors (Lipinski definition) is 2. The van der Waals surface area contributed by atoms with E-state index in [1.165, 1.54) is 22.3 Å². The number of hydrogen-bond donors (Lipinski definition) is 2. The lowest BCUT2D eigenvalue weighted by Crippen LogP contribution is -2.34. The maximum atomic E-state index is 9.67. The molecule has 2 heteroatoms. The third-order valence-corrected chi connectivity index (χ3v) is 5.27. The molecular formula is C22H20O2. The lowest BCUT2D eigenvalue weighted by Gasteiger charge is -2.39. The second-order valence-corrected chi connectivity index (χ2v) is 6.62. The van der Waals surface area contributed by atoms with Crippen LogP contribution in [0.1, 0.15) is 28.7 Å². The van der Waals surface area contributed by atoms with E-state index in [1.807, 2.05) is 24.3 Å². The van der Waals surface area contributed by atoms with E-state index in [0.29, 0.717) is 0 Å². The molecule has 0 radical (unpaired) electrons. The molecule has 2 nitrogen and oxygen atoms in total. The van der Waals surface area contributed by atoms with Crippen molar-refractivity contribution in [2.75, 3.05) is 0 Å². The maximum absolute atomic E-state index is 9.67. The van der Waals surface area contributed by atoms with Crippen molar-refractivity contribution in [2.24, 2.45) is 0 Å². The predicted molar refractivity (Wildman–Crippen MR) is 95.5 cm³/mol. The summed E-state index contributed by atoms with van der Waals surface area (Å²) in [6.45, 7) is 0. The predicted octanol–water partition coefficient (Wildman–Crippen LogP) is 4.57. The molecule has 0 spiro atoms. The van der Waals surface area contributed by atoms with Gasteiger partial charge < -0.3 is 10.2 Å². The summed E-state index contributed by atoms with van der Waals surface area (Å²) in [7, 11) is 0. The molecular weight excluding hydrogens is 296 g/mol. The summed E-state index contributed by atoms with van der Waals surface area (Å²) in [4.78, 5) is 0. The molecule has 0 aliphatic heterocycles. The van der Waals surface area contributed by atoms with Crippen LogP contribution < -0.4 is 0 Å². The number of aryl methyl sites for hydroxylation is 1. The molecule has 0 fully saturated rings. The van der Waals surface area contributed by atoms with Crippen LogP contribution in [0.2, 0.25) is 0 Å². The minimum atomic E-state index is -0.129. The van der Waals surface area contributed by atoms with Crippen LogP contribution in [0.25, 0.3) is 0 Å². The van der Waals surface area contributed by atoms with Crippen LogP contribution in [0.4, 0.5) is 0 Å². The summed E-state index contributed by atoms with van der Waals surface area (Å²) in [5.74, 6) is 0.576. The Hall–Kier alpha value is -2.74. The van der Waals surface area contributed by atoms with E-state index in [1.54, 1.807) is 24.3 Å². The standard InChI is InChI=1S/C22H20O2/c23-20-9-5-18(6-10-20)22(19-7-11-21(24)12-8-19)14-13-16-3-1-2-4-17(16)15-22/h1-12,23-24H,13-15H2. The van der Waals surface area contributed by atoms with Crippen molar-refractivity contribution in [2.45, 2.75) is 24.7 Å². The van der Waals surface area contributed by atoms with Gasteiger partial charge in [-0.1, -0.05) is 48.5 Å². The average Bonchev–Trinajstić information content (AvgIpc) is 2.62. The molecule has 4 rings (SSSR count). The van der Waals surface area contributed by atoms with Crippen LogP contribution in [-0.2, 0) is 18.3 Å². The molecule has 3 aromatic carbocycles. The Labute approximate surface area is 142 Å². The number of aromatic hydroxyl groups is 2. The molecule has 0 saturated heterocycles. The Bertz CT molecular complexity index is 802. The van der Waals surface area contributed by atoms with E-state index in [0.717, 1.165) is 19.3 Å². The summed E-state index contributed by atoms with van der Waals surface area (Å²) in [6.07, 6.45) is 2.97. The lowest BCUT2D eigenvalue weighted by atomic mass is 9.64. The van der Waals surface area contributed by atoms with Gasteiger partial charge in [0.05, 0.1) is 0 Å². The molecule has 0 atom stereocenters. The highest BCUT2D eigenvalue weighted by Gasteiger charge is 2.37. The van der Waals surface area contributed by atoms with Crippen molar-refractivity contribution < 1.29 is 10.2 Å². The molecule has 24 heavy (non-hydrogen) atoms. The van der Waals surface area contributed by atoms with E-state index in [2.05, 4.69) is 24.3 Å². The SMILES string of the molecule is Oc1ccc(C2(c3ccc(O)cc3)CCc3ccccc3C2)cc1.